The van der Waals surface area contributed by atoms with Gasteiger partial charge in [0.15, 0.2) is 0 Å². The molecule has 0 spiro atoms. The molecule has 2 aliphatic carbocycles. The van der Waals surface area contributed by atoms with E-state index in [0.29, 0.717) is 0 Å². The average molecular weight is 905 g/mol. The number of allylic oxidation sites excluding steroid dienone is 8. The van der Waals surface area contributed by atoms with Gasteiger partial charge in [-0.1, -0.05) is 204 Å². The molecule has 4 aromatic carbocycles. The largest absolute Gasteiger partial charge is 4.00 e. The van der Waals surface area contributed by atoms with E-state index >= 15 is 0 Å². The summed E-state index contributed by atoms with van der Waals surface area (Å²) in [6.07, 6.45) is 7.87. The van der Waals surface area contributed by atoms with E-state index in [1.54, 1.807) is 0 Å². The van der Waals surface area contributed by atoms with Crippen LogP contribution in [0.5, 0.6) is 0 Å². The van der Waals surface area contributed by atoms with Crippen molar-refractivity contribution in [1.29, 1.82) is 0 Å². The van der Waals surface area contributed by atoms with Gasteiger partial charge >= 0.3 is 43.4 Å². The SMILES string of the molecule is CC1=[C-]C(C)([Si](C)(c2cc(C)cc(C)c2)c2ccccc2C)C(C)=C1C.CC1=[C-]C(C)([Si](C)(c2cccc(C)c2)c2cc(C)cc(C)c2)C(C)=C1C.[CH3-].[CH3-].[CH3-].[CH3-].[CH3-].[CH3-].[Ti+4].[Ti+4]. The number of hydrogen-bond acceptors (Lipinski definition) is 0. The van der Waals surface area contributed by atoms with Gasteiger partial charge in [-0.25, -0.2) is 11.1 Å². The van der Waals surface area contributed by atoms with Crippen LogP contribution in [0.3, 0.4) is 0 Å². The zero-order chi connectivity index (χ0) is 38.6. The van der Waals surface area contributed by atoms with E-state index in [1.165, 1.54) is 87.6 Å². The molecule has 0 N–H and O–H groups in total. The van der Waals surface area contributed by atoms with Crippen LogP contribution in [0.25, 0.3) is 0 Å². The van der Waals surface area contributed by atoms with E-state index in [9.17, 15) is 0 Å². The molecular formula is C56H80Si2Ti2. The summed E-state index contributed by atoms with van der Waals surface area (Å²) in [5.74, 6) is 0. The summed E-state index contributed by atoms with van der Waals surface area (Å²) in [4.78, 5) is 0. The van der Waals surface area contributed by atoms with Crippen LogP contribution in [0.4, 0.5) is 0 Å². The molecule has 320 valence electrons. The maximum Gasteiger partial charge on any atom is 4.00 e. The molecule has 0 amide bonds. The molecule has 0 aliphatic heterocycles. The molecule has 0 saturated heterocycles. The van der Waals surface area contributed by atoms with Crippen LogP contribution in [0, 0.1) is 98.3 Å². The van der Waals surface area contributed by atoms with Crippen molar-refractivity contribution in [2.45, 2.75) is 120 Å². The Hall–Kier alpha value is -2.30. The minimum atomic E-state index is -2.14. The van der Waals surface area contributed by atoms with Gasteiger partial charge in [0.25, 0.3) is 0 Å². The first-order chi connectivity index (χ1) is 24.2. The molecule has 0 heterocycles. The van der Waals surface area contributed by atoms with Crippen LogP contribution in [-0.2, 0) is 43.4 Å². The topological polar surface area (TPSA) is 0 Å². The Kier molecular flexibility index (Phi) is 25.7. The van der Waals surface area contributed by atoms with Crippen molar-refractivity contribution in [3.8, 4) is 0 Å². The molecule has 4 atom stereocenters. The average Bonchev–Trinajstić information content (AvgIpc) is 3.41. The predicted molar refractivity (Wildman–Crippen MR) is 273 cm³/mol. The Balaban J connectivity index is -0.000000461. The molecule has 4 heteroatoms. The second-order valence-electron chi connectivity index (χ2n) is 16.9. The fraction of sp³-hybridized carbons (Fsp3) is 0.321. The molecule has 4 aromatic rings. The Morgan fingerprint density at radius 2 is 0.750 bits per heavy atom. The number of benzene rings is 4. The van der Waals surface area contributed by atoms with Gasteiger partial charge in [0.2, 0.25) is 0 Å². The fourth-order valence-corrected chi connectivity index (χ4v) is 19.5. The summed E-state index contributed by atoms with van der Waals surface area (Å²) < 4.78 is 0. The molecule has 0 fully saturated rings. The van der Waals surface area contributed by atoms with Gasteiger partial charge in [-0.2, -0.15) is 22.3 Å². The predicted octanol–water partition coefficient (Wildman–Crippen LogP) is 14.0. The first-order valence-corrected chi connectivity index (χ1v) is 24.1. The van der Waals surface area contributed by atoms with Gasteiger partial charge in [-0.15, -0.1) is 13.8 Å². The van der Waals surface area contributed by atoms with Crippen molar-refractivity contribution in [2.24, 2.45) is 0 Å². The Morgan fingerprint density at radius 3 is 1.10 bits per heavy atom. The van der Waals surface area contributed by atoms with Crippen LogP contribution in [0.1, 0.15) is 88.8 Å². The second-order valence-corrected chi connectivity index (χ2v) is 25.7. The number of rotatable bonds is 6. The summed E-state index contributed by atoms with van der Waals surface area (Å²) in [7, 11) is -4.26. The van der Waals surface area contributed by atoms with E-state index in [2.05, 4.69) is 207 Å². The Bertz CT molecular complexity index is 2140. The van der Waals surface area contributed by atoms with E-state index in [4.69, 9.17) is 0 Å². The van der Waals surface area contributed by atoms with Crippen molar-refractivity contribution >= 4 is 36.9 Å². The van der Waals surface area contributed by atoms with Crippen LogP contribution < -0.4 is 20.7 Å². The van der Waals surface area contributed by atoms with Crippen LogP contribution in [0.2, 0.25) is 23.2 Å². The summed E-state index contributed by atoms with van der Waals surface area (Å²) >= 11 is 0. The first-order valence-electron chi connectivity index (χ1n) is 19.1. The summed E-state index contributed by atoms with van der Waals surface area (Å²) in [5.41, 5.74) is 16.6. The van der Waals surface area contributed by atoms with Crippen molar-refractivity contribution in [1.82, 2.24) is 0 Å². The van der Waals surface area contributed by atoms with Crippen molar-refractivity contribution in [2.75, 3.05) is 0 Å². The molecule has 0 bridgehead atoms. The molecule has 60 heavy (non-hydrogen) atoms. The Labute approximate surface area is 405 Å². The standard InChI is InChI=1S/2C25H31Si.6CH3.2Ti/c1-17-10-9-11-23(13-17)26(8,24-14-18(2)12-19(3)15-24)25(7)16-20(4)21(5)22(25)6;1-17-13-18(2)15-23(14-17)26(8,24-12-10-9-11-19(24)3)25(7)16-20(4)21(5)22(25)6;;;;;;;;/h2*9-15H,1-8H3;6*1H3;;/q8*-1;2*+4. The van der Waals surface area contributed by atoms with E-state index in [0.717, 1.165) is 0 Å². The maximum absolute atomic E-state index is 3.94. The second kappa shape index (κ2) is 24.0. The molecular weight excluding hydrogens is 825 g/mol. The third-order valence-electron chi connectivity index (χ3n) is 13.5. The zero-order valence-electron chi connectivity index (χ0n) is 42.1. The monoisotopic (exact) mass is 904 g/mol. The van der Waals surface area contributed by atoms with Gasteiger partial charge in [-0.3, -0.25) is 12.2 Å². The molecule has 4 unspecified atom stereocenters. The number of hydrogen-bond donors (Lipinski definition) is 0. The zero-order valence-corrected chi connectivity index (χ0v) is 47.2. The van der Waals surface area contributed by atoms with E-state index < -0.39 is 16.1 Å². The third kappa shape index (κ3) is 11.1. The summed E-state index contributed by atoms with van der Waals surface area (Å²) in [5, 5.41) is 5.99. The summed E-state index contributed by atoms with van der Waals surface area (Å²) in [6, 6.07) is 32.4. The third-order valence-corrected chi connectivity index (χ3v) is 24.5. The maximum atomic E-state index is 3.94. The molecule has 0 saturated carbocycles. The van der Waals surface area contributed by atoms with Crippen molar-refractivity contribution < 1.29 is 43.4 Å². The van der Waals surface area contributed by atoms with Crippen molar-refractivity contribution in [3.05, 3.63) is 208 Å². The fourth-order valence-electron chi connectivity index (χ4n) is 9.51. The molecule has 0 nitrogen and oxygen atoms in total. The van der Waals surface area contributed by atoms with E-state index in [-0.39, 0.29) is 98.1 Å². The van der Waals surface area contributed by atoms with Crippen LogP contribution in [-0.4, -0.2) is 16.1 Å². The van der Waals surface area contributed by atoms with Gasteiger partial charge < -0.3 is 44.6 Å². The molecule has 0 aromatic heterocycles. The minimum Gasteiger partial charge on any atom is -0.358 e. The normalized spacial score (nSPS) is 19.4. The van der Waals surface area contributed by atoms with Gasteiger partial charge in [0.1, 0.15) is 16.1 Å². The Morgan fingerprint density at radius 1 is 0.400 bits per heavy atom. The minimum absolute atomic E-state index is 0. The smallest absolute Gasteiger partial charge is 0.358 e. The number of aryl methyl sites for hydroxylation is 6. The van der Waals surface area contributed by atoms with Gasteiger partial charge in [0.05, 0.1) is 0 Å². The quantitative estimate of drug-likeness (QED) is 0.134. The first kappa shape index (κ1) is 64.3. The van der Waals surface area contributed by atoms with Crippen LogP contribution in [0.15, 0.2) is 118 Å². The summed E-state index contributed by atoms with van der Waals surface area (Å²) in [6.45, 7) is 36.9. The van der Waals surface area contributed by atoms with Crippen LogP contribution >= 0.6 is 0 Å². The molecule has 2 aliphatic rings. The van der Waals surface area contributed by atoms with Gasteiger partial charge in [-0.05, 0) is 41.5 Å². The molecule has 0 radical (unpaired) electrons. The van der Waals surface area contributed by atoms with Gasteiger partial charge in [0, 0.05) is 0 Å². The molecule has 6 rings (SSSR count). The van der Waals surface area contributed by atoms with Crippen molar-refractivity contribution in [3.63, 3.8) is 0 Å². The van der Waals surface area contributed by atoms with E-state index in [1.807, 2.05) is 0 Å².